The molecule has 0 atom stereocenters. The number of morpholine rings is 1. The van der Waals surface area contributed by atoms with Gasteiger partial charge < -0.3 is 19.0 Å². The molecule has 0 aromatic carbocycles. The van der Waals surface area contributed by atoms with Crippen molar-refractivity contribution in [3.05, 3.63) is 35.5 Å². The molecule has 0 spiro atoms. The Morgan fingerprint density at radius 2 is 1.69 bits per heavy atom. The summed E-state index contributed by atoms with van der Waals surface area (Å²) in [6.07, 6.45) is 1.45. The third-order valence-electron chi connectivity index (χ3n) is 5.82. The number of carbonyl (C=O) groups excluding carboxylic acids is 2. The van der Waals surface area contributed by atoms with Crippen LogP contribution in [0, 0.1) is 13.8 Å². The molecule has 2 aliphatic rings. The van der Waals surface area contributed by atoms with Gasteiger partial charge in [-0.2, -0.15) is 9.40 Å². The molecule has 2 fully saturated rings. The first-order valence-electron chi connectivity index (χ1n) is 10.5. The summed E-state index contributed by atoms with van der Waals surface area (Å²) in [6, 6.07) is 3.28. The van der Waals surface area contributed by atoms with Crippen molar-refractivity contribution in [3.63, 3.8) is 0 Å². The number of hydrogen-bond acceptors (Lipinski definition) is 7. The highest BCUT2D eigenvalue weighted by Gasteiger charge is 2.33. The van der Waals surface area contributed by atoms with Gasteiger partial charge >= 0.3 is 0 Å². The van der Waals surface area contributed by atoms with Crippen LogP contribution in [0.25, 0.3) is 0 Å². The van der Waals surface area contributed by atoms with E-state index in [0.717, 1.165) is 0 Å². The average Bonchev–Trinajstić information content (AvgIpc) is 3.42. The summed E-state index contributed by atoms with van der Waals surface area (Å²) < 4.78 is 39.5. The molecule has 2 saturated heterocycles. The van der Waals surface area contributed by atoms with Crippen LogP contribution in [0.1, 0.15) is 21.9 Å². The molecule has 0 saturated carbocycles. The van der Waals surface area contributed by atoms with E-state index in [2.05, 4.69) is 5.10 Å². The predicted octanol–water partition coefficient (Wildman–Crippen LogP) is 0.0984. The summed E-state index contributed by atoms with van der Waals surface area (Å²) in [4.78, 5) is 28.7. The third-order valence-corrected chi connectivity index (χ3v) is 7.97. The smallest absolute Gasteiger partial charge is 0.289 e. The average molecular weight is 466 g/mol. The third kappa shape index (κ3) is 4.30. The van der Waals surface area contributed by atoms with Crippen LogP contribution in [0.15, 0.2) is 27.7 Å². The molecule has 4 heterocycles. The number of carbonyl (C=O) groups is 2. The van der Waals surface area contributed by atoms with Crippen LogP contribution in [0.3, 0.4) is 0 Å². The predicted molar refractivity (Wildman–Crippen MR) is 112 cm³/mol. The number of nitrogens with zero attached hydrogens (tertiary/aromatic N) is 5. The Hall–Kier alpha value is -2.70. The number of amides is 2. The lowest BCUT2D eigenvalue weighted by molar-refractivity contribution is -0.133. The minimum Gasteiger partial charge on any atom is -0.459 e. The molecular weight excluding hydrogens is 438 g/mol. The van der Waals surface area contributed by atoms with E-state index in [4.69, 9.17) is 9.15 Å². The van der Waals surface area contributed by atoms with Gasteiger partial charge in [-0.25, -0.2) is 8.42 Å². The normalized spacial score (nSPS) is 18.2. The maximum absolute atomic E-state index is 13.1. The Morgan fingerprint density at radius 3 is 2.31 bits per heavy atom. The fourth-order valence-corrected chi connectivity index (χ4v) is 5.85. The number of piperazine rings is 1. The van der Waals surface area contributed by atoms with Crippen LogP contribution in [-0.2, 0) is 26.1 Å². The summed E-state index contributed by atoms with van der Waals surface area (Å²) in [5.41, 5.74) is 0.810. The fourth-order valence-electron chi connectivity index (χ4n) is 4.07. The quantitative estimate of drug-likeness (QED) is 0.614. The van der Waals surface area contributed by atoms with Gasteiger partial charge in [0.25, 0.3) is 5.91 Å². The first kappa shape index (κ1) is 22.5. The molecule has 11 nitrogen and oxygen atoms in total. The summed E-state index contributed by atoms with van der Waals surface area (Å²) in [5.74, 6) is -0.0870. The highest BCUT2D eigenvalue weighted by Crippen LogP contribution is 2.24. The van der Waals surface area contributed by atoms with Crippen molar-refractivity contribution in [2.75, 3.05) is 52.5 Å². The van der Waals surface area contributed by atoms with Crippen LogP contribution in [-0.4, -0.2) is 96.6 Å². The maximum atomic E-state index is 13.1. The van der Waals surface area contributed by atoms with Crippen LogP contribution in [0.4, 0.5) is 0 Å². The molecule has 2 aliphatic heterocycles. The monoisotopic (exact) mass is 465 g/mol. The lowest BCUT2D eigenvalue weighted by Gasteiger charge is -2.34. The zero-order valence-corrected chi connectivity index (χ0v) is 19.0. The van der Waals surface area contributed by atoms with E-state index in [1.807, 2.05) is 0 Å². The molecule has 12 heteroatoms. The molecule has 0 bridgehead atoms. The molecule has 0 aliphatic carbocycles. The molecular formula is C20H27N5O6S. The Balaban J connectivity index is 1.41. The number of furan rings is 1. The van der Waals surface area contributed by atoms with E-state index >= 15 is 0 Å². The van der Waals surface area contributed by atoms with E-state index in [-0.39, 0.29) is 29.0 Å². The largest absolute Gasteiger partial charge is 0.459 e. The summed E-state index contributed by atoms with van der Waals surface area (Å²) >= 11 is 0. The number of hydrogen-bond donors (Lipinski definition) is 0. The molecule has 2 aromatic heterocycles. The maximum Gasteiger partial charge on any atom is 0.289 e. The Bertz CT molecular complexity index is 1080. The topological polar surface area (TPSA) is 118 Å². The number of rotatable bonds is 5. The summed E-state index contributed by atoms with van der Waals surface area (Å²) in [6.45, 7) is 6.15. The van der Waals surface area contributed by atoms with E-state index in [1.165, 1.54) is 15.3 Å². The minimum atomic E-state index is -3.71. The standard InChI is InChI=1S/C20H27N5O6S/c1-15-19(32(28,29)24-9-12-30-13-10-24)16(2)25(21-15)14-18(26)22-5-7-23(8-6-22)20(27)17-4-3-11-31-17/h3-4,11H,5-10,12-14H2,1-2H3. The van der Waals surface area contributed by atoms with Gasteiger partial charge in [0.15, 0.2) is 5.76 Å². The van der Waals surface area contributed by atoms with Gasteiger partial charge in [-0.3, -0.25) is 14.3 Å². The van der Waals surface area contributed by atoms with E-state index < -0.39 is 10.0 Å². The second-order valence-corrected chi connectivity index (χ2v) is 9.70. The van der Waals surface area contributed by atoms with Crippen LogP contribution >= 0.6 is 0 Å². The molecule has 32 heavy (non-hydrogen) atoms. The zero-order chi connectivity index (χ0) is 22.9. The number of ether oxygens (including phenoxy) is 1. The summed E-state index contributed by atoms with van der Waals surface area (Å²) in [5, 5.41) is 4.34. The first-order chi connectivity index (χ1) is 15.3. The van der Waals surface area contributed by atoms with E-state index in [1.54, 1.807) is 35.8 Å². The van der Waals surface area contributed by atoms with Gasteiger partial charge in [0.05, 0.1) is 30.9 Å². The molecule has 0 N–H and O–H groups in total. The molecule has 0 radical (unpaired) electrons. The van der Waals surface area contributed by atoms with Crippen LogP contribution < -0.4 is 0 Å². The Kier molecular flexibility index (Phi) is 6.35. The van der Waals surface area contributed by atoms with Crippen molar-refractivity contribution < 1.29 is 27.2 Å². The van der Waals surface area contributed by atoms with Gasteiger partial charge in [0.2, 0.25) is 15.9 Å². The number of sulfonamides is 1. The van der Waals surface area contributed by atoms with Crippen LogP contribution in [0.5, 0.6) is 0 Å². The second-order valence-electron chi connectivity index (χ2n) is 7.82. The van der Waals surface area contributed by atoms with E-state index in [0.29, 0.717) is 63.9 Å². The lowest BCUT2D eigenvalue weighted by atomic mass is 10.2. The Morgan fingerprint density at radius 1 is 1.03 bits per heavy atom. The van der Waals surface area contributed by atoms with Crippen molar-refractivity contribution in [3.8, 4) is 0 Å². The van der Waals surface area contributed by atoms with Crippen molar-refractivity contribution in [2.24, 2.45) is 0 Å². The SMILES string of the molecule is Cc1nn(CC(=O)N2CCN(C(=O)c3ccco3)CC2)c(C)c1S(=O)(=O)N1CCOCC1. The van der Waals surface area contributed by atoms with Gasteiger partial charge in [-0.15, -0.1) is 0 Å². The zero-order valence-electron chi connectivity index (χ0n) is 18.2. The van der Waals surface area contributed by atoms with Crippen molar-refractivity contribution >= 4 is 21.8 Å². The fraction of sp³-hybridized carbons (Fsp3) is 0.550. The minimum absolute atomic E-state index is 0.0581. The van der Waals surface area contributed by atoms with Crippen LogP contribution in [0.2, 0.25) is 0 Å². The van der Waals surface area contributed by atoms with Crippen molar-refractivity contribution in [2.45, 2.75) is 25.3 Å². The summed E-state index contributed by atoms with van der Waals surface area (Å²) in [7, 11) is -3.71. The molecule has 2 amide bonds. The number of aromatic nitrogens is 2. The molecule has 174 valence electrons. The van der Waals surface area contributed by atoms with Gasteiger partial charge in [-0.1, -0.05) is 0 Å². The Labute approximate surface area is 186 Å². The number of aryl methyl sites for hydroxylation is 1. The molecule has 4 rings (SSSR count). The molecule has 2 aromatic rings. The van der Waals surface area contributed by atoms with Crippen molar-refractivity contribution in [1.29, 1.82) is 0 Å². The molecule has 0 unspecified atom stereocenters. The van der Waals surface area contributed by atoms with E-state index in [9.17, 15) is 18.0 Å². The first-order valence-corrected chi connectivity index (χ1v) is 12.0. The highest BCUT2D eigenvalue weighted by atomic mass is 32.2. The highest BCUT2D eigenvalue weighted by molar-refractivity contribution is 7.89. The lowest BCUT2D eigenvalue weighted by Crippen LogP contribution is -2.51. The van der Waals surface area contributed by atoms with Gasteiger partial charge in [-0.05, 0) is 26.0 Å². The van der Waals surface area contributed by atoms with Crippen molar-refractivity contribution in [1.82, 2.24) is 23.9 Å². The van der Waals surface area contributed by atoms with Gasteiger partial charge in [0, 0.05) is 39.3 Å². The second kappa shape index (κ2) is 9.04. The van der Waals surface area contributed by atoms with Gasteiger partial charge in [0.1, 0.15) is 11.4 Å².